The molecular formula is C15H25N3O. The lowest BCUT2D eigenvalue weighted by Gasteiger charge is -2.34. The first-order valence-corrected chi connectivity index (χ1v) is 7.89. The van der Waals surface area contributed by atoms with E-state index in [4.69, 9.17) is 9.51 Å². The lowest BCUT2D eigenvalue weighted by Crippen LogP contribution is -2.43. The van der Waals surface area contributed by atoms with E-state index in [0.29, 0.717) is 5.92 Å². The summed E-state index contributed by atoms with van der Waals surface area (Å²) in [7, 11) is 0. The minimum atomic E-state index is 0.0941. The summed E-state index contributed by atoms with van der Waals surface area (Å²) in [6.07, 6.45) is 9.80. The zero-order valence-electron chi connectivity index (χ0n) is 12.0. The molecule has 0 bridgehead atoms. The highest BCUT2D eigenvalue weighted by molar-refractivity contribution is 5.10. The van der Waals surface area contributed by atoms with Crippen molar-refractivity contribution in [3.8, 4) is 0 Å². The van der Waals surface area contributed by atoms with Crippen molar-refractivity contribution in [2.75, 3.05) is 13.1 Å². The van der Waals surface area contributed by atoms with Crippen molar-refractivity contribution in [1.29, 1.82) is 0 Å². The van der Waals surface area contributed by atoms with Gasteiger partial charge in [0.15, 0.2) is 5.82 Å². The van der Waals surface area contributed by atoms with Crippen LogP contribution in [0.1, 0.15) is 75.9 Å². The Hall–Kier alpha value is -0.900. The van der Waals surface area contributed by atoms with E-state index in [1.807, 2.05) is 0 Å². The maximum Gasteiger partial charge on any atom is 0.234 e. The number of hydrogen-bond acceptors (Lipinski definition) is 4. The third kappa shape index (κ3) is 2.55. The van der Waals surface area contributed by atoms with Crippen LogP contribution in [0.15, 0.2) is 4.52 Å². The first-order chi connectivity index (χ1) is 9.34. The largest absolute Gasteiger partial charge is 0.339 e. The lowest BCUT2D eigenvalue weighted by atomic mass is 9.77. The molecule has 1 aromatic heterocycles. The Bertz CT molecular complexity index is 398. The highest BCUT2D eigenvalue weighted by Crippen LogP contribution is 2.37. The Morgan fingerprint density at radius 2 is 2.16 bits per heavy atom. The smallest absolute Gasteiger partial charge is 0.234 e. The van der Waals surface area contributed by atoms with Gasteiger partial charge in [-0.1, -0.05) is 31.3 Å². The van der Waals surface area contributed by atoms with Gasteiger partial charge in [0.1, 0.15) is 0 Å². The average Bonchev–Trinajstić information content (AvgIpc) is 3.11. The van der Waals surface area contributed by atoms with Crippen molar-refractivity contribution in [3.63, 3.8) is 0 Å². The Labute approximate surface area is 115 Å². The van der Waals surface area contributed by atoms with Gasteiger partial charge in [0.25, 0.3) is 0 Å². The van der Waals surface area contributed by atoms with Gasteiger partial charge in [-0.3, -0.25) is 0 Å². The number of hydrogen-bond donors (Lipinski definition) is 1. The van der Waals surface area contributed by atoms with E-state index in [2.05, 4.69) is 17.4 Å². The highest BCUT2D eigenvalue weighted by atomic mass is 16.5. The monoisotopic (exact) mass is 263 g/mol. The molecule has 1 saturated carbocycles. The standard InChI is InChI=1S/C15H25N3O/c1-2-8-15(9-5-10-16-11-15)14-17-13(18-19-14)12-6-3-4-7-12/h12,16H,2-11H2,1H3. The van der Waals surface area contributed by atoms with Crippen LogP contribution in [0.3, 0.4) is 0 Å². The predicted molar refractivity (Wildman–Crippen MR) is 74.2 cm³/mol. The van der Waals surface area contributed by atoms with Gasteiger partial charge in [0, 0.05) is 12.5 Å². The van der Waals surface area contributed by atoms with Crippen molar-refractivity contribution < 1.29 is 4.52 Å². The molecular weight excluding hydrogens is 238 g/mol. The SMILES string of the molecule is CCCC1(c2nc(C3CCCC3)no2)CCCNC1. The molecule has 4 nitrogen and oxygen atoms in total. The second-order valence-electron chi connectivity index (χ2n) is 6.25. The molecule has 1 aromatic rings. The van der Waals surface area contributed by atoms with E-state index in [0.717, 1.165) is 31.2 Å². The third-order valence-electron chi connectivity index (χ3n) is 4.82. The Balaban J connectivity index is 1.81. The van der Waals surface area contributed by atoms with Gasteiger partial charge in [0.05, 0.1) is 5.41 Å². The second-order valence-corrected chi connectivity index (χ2v) is 6.25. The molecule has 0 spiro atoms. The van der Waals surface area contributed by atoms with Gasteiger partial charge >= 0.3 is 0 Å². The molecule has 106 valence electrons. The summed E-state index contributed by atoms with van der Waals surface area (Å²) in [5.74, 6) is 2.41. The zero-order chi connectivity index (χ0) is 13.1. The van der Waals surface area contributed by atoms with Crippen LogP contribution in [-0.2, 0) is 5.41 Å². The second kappa shape index (κ2) is 5.61. The average molecular weight is 263 g/mol. The van der Waals surface area contributed by atoms with Crippen molar-refractivity contribution in [2.45, 2.75) is 69.6 Å². The van der Waals surface area contributed by atoms with E-state index in [1.54, 1.807) is 0 Å². The molecule has 1 aliphatic carbocycles. The first kappa shape index (κ1) is 13.1. The number of nitrogens with zero attached hydrogens (tertiary/aromatic N) is 2. The van der Waals surface area contributed by atoms with E-state index >= 15 is 0 Å². The molecule has 3 rings (SSSR count). The molecule has 4 heteroatoms. The van der Waals surface area contributed by atoms with Crippen molar-refractivity contribution in [1.82, 2.24) is 15.5 Å². The van der Waals surface area contributed by atoms with Crippen molar-refractivity contribution in [3.05, 3.63) is 11.7 Å². The third-order valence-corrected chi connectivity index (χ3v) is 4.82. The first-order valence-electron chi connectivity index (χ1n) is 7.89. The number of aromatic nitrogens is 2. The van der Waals surface area contributed by atoms with Gasteiger partial charge in [-0.15, -0.1) is 0 Å². The Morgan fingerprint density at radius 3 is 2.84 bits per heavy atom. The number of piperidine rings is 1. The molecule has 1 atom stereocenters. The molecule has 19 heavy (non-hydrogen) atoms. The van der Waals surface area contributed by atoms with Crippen LogP contribution in [0.5, 0.6) is 0 Å². The fourth-order valence-corrected chi connectivity index (χ4v) is 3.75. The molecule has 1 unspecified atom stereocenters. The molecule has 1 saturated heterocycles. The van der Waals surface area contributed by atoms with E-state index in [9.17, 15) is 0 Å². The van der Waals surface area contributed by atoms with E-state index in [-0.39, 0.29) is 5.41 Å². The maximum atomic E-state index is 5.67. The quantitative estimate of drug-likeness (QED) is 0.906. The van der Waals surface area contributed by atoms with Gasteiger partial charge in [-0.05, 0) is 38.6 Å². The molecule has 2 aliphatic rings. The normalized spacial score (nSPS) is 28.9. The minimum absolute atomic E-state index is 0.0941. The Morgan fingerprint density at radius 1 is 1.32 bits per heavy atom. The summed E-state index contributed by atoms with van der Waals surface area (Å²) in [6, 6.07) is 0. The van der Waals surface area contributed by atoms with E-state index in [1.165, 1.54) is 44.9 Å². The molecule has 0 amide bonds. The molecule has 2 heterocycles. The summed E-state index contributed by atoms with van der Waals surface area (Å²) < 4.78 is 5.67. The van der Waals surface area contributed by atoms with Crippen LogP contribution in [0, 0.1) is 0 Å². The van der Waals surface area contributed by atoms with E-state index < -0.39 is 0 Å². The fourth-order valence-electron chi connectivity index (χ4n) is 3.75. The van der Waals surface area contributed by atoms with Crippen molar-refractivity contribution >= 4 is 0 Å². The molecule has 0 aromatic carbocycles. The zero-order valence-corrected chi connectivity index (χ0v) is 12.0. The molecule has 2 fully saturated rings. The predicted octanol–water partition coefficient (Wildman–Crippen LogP) is 3.15. The summed E-state index contributed by atoms with van der Waals surface area (Å²) in [5, 5.41) is 7.80. The highest BCUT2D eigenvalue weighted by Gasteiger charge is 2.39. The van der Waals surface area contributed by atoms with Crippen LogP contribution in [0.25, 0.3) is 0 Å². The van der Waals surface area contributed by atoms with Gasteiger partial charge < -0.3 is 9.84 Å². The molecule has 1 N–H and O–H groups in total. The summed E-state index contributed by atoms with van der Waals surface area (Å²) in [5.41, 5.74) is 0.0941. The molecule has 1 aliphatic heterocycles. The van der Waals surface area contributed by atoms with Crippen molar-refractivity contribution in [2.24, 2.45) is 0 Å². The van der Waals surface area contributed by atoms with Gasteiger partial charge in [-0.2, -0.15) is 4.98 Å². The number of nitrogens with one attached hydrogen (secondary N) is 1. The molecule has 0 radical (unpaired) electrons. The summed E-state index contributed by atoms with van der Waals surface area (Å²) in [4.78, 5) is 4.79. The fraction of sp³-hybridized carbons (Fsp3) is 0.867. The summed E-state index contributed by atoms with van der Waals surface area (Å²) in [6.45, 7) is 4.35. The summed E-state index contributed by atoms with van der Waals surface area (Å²) >= 11 is 0. The maximum absolute atomic E-state index is 5.67. The number of rotatable bonds is 4. The minimum Gasteiger partial charge on any atom is -0.339 e. The van der Waals surface area contributed by atoms with Gasteiger partial charge in [0.2, 0.25) is 5.89 Å². The lowest BCUT2D eigenvalue weighted by molar-refractivity contribution is 0.213. The van der Waals surface area contributed by atoms with Crippen LogP contribution in [-0.4, -0.2) is 23.2 Å². The Kier molecular flexibility index (Phi) is 3.87. The van der Waals surface area contributed by atoms with Crippen LogP contribution < -0.4 is 5.32 Å². The topological polar surface area (TPSA) is 51.0 Å². The van der Waals surface area contributed by atoms with Crippen LogP contribution >= 0.6 is 0 Å². The van der Waals surface area contributed by atoms with Crippen LogP contribution in [0.4, 0.5) is 0 Å². The van der Waals surface area contributed by atoms with Gasteiger partial charge in [-0.25, -0.2) is 0 Å². The van der Waals surface area contributed by atoms with Crippen LogP contribution in [0.2, 0.25) is 0 Å².